The van der Waals surface area contributed by atoms with Crippen molar-refractivity contribution in [2.24, 2.45) is 0 Å². The number of hydrogen-bond acceptors (Lipinski definition) is 3. The van der Waals surface area contributed by atoms with Crippen LogP contribution in [0.1, 0.15) is 26.7 Å². The fourth-order valence-electron chi connectivity index (χ4n) is 2.07. The van der Waals surface area contributed by atoms with Crippen molar-refractivity contribution in [3.63, 3.8) is 0 Å². The van der Waals surface area contributed by atoms with E-state index in [-0.39, 0.29) is 18.3 Å². The zero-order valence-electron chi connectivity index (χ0n) is 13.6. The lowest BCUT2D eigenvalue weighted by atomic mass is 10.1. The van der Waals surface area contributed by atoms with Gasteiger partial charge in [-0.3, -0.25) is 4.79 Å². The molecular formula is C15H27ClN2O3. The third-order valence-corrected chi connectivity index (χ3v) is 3.29. The molecule has 0 saturated carbocycles. The number of carboxylic acids is 1. The molecule has 0 radical (unpaired) electrons. The molecule has 0 rings (SSSR count). The zero-order valence-corrected chi connectivity index (χ0v) is 14.4. The Kier molecular flexibility index (Phi) is 10.0. The van der Waals surface area contributed by atoms with Gasteiger partial charge in [-0.25, -0.2) is 0 Å². The van der Waals surface area contributed by atoms with E-state index in [1.165, 1.54) is 11.1 Å². The number of quaternary nitrogens is 1. The second kappa shape index (κ2) is 9.58. The first-order valence-corrected chi connectivity index (χ1v) is 6.76. The van der Waals surface area contributed by atoms with Gasteiger partial charge in [0.1, 0.15) is 0 Å². The van der Waals surface area contributed by atoms with Crippen molar-refractivity contribution >= 4 is 24.3 Å². The van der Waals surface area contributed by atoms with Gasteiger partial charge in [0.15, 0.2) is 0 Å². The van der Waals surface area contributed by atoms with Crippen molar-refractivity contribution in [3.05, 3.63) is 24.4 Å². The fourth-order valence-corrected chi connectivity index (χ4v) is 2.07. The van der Waals surface area contributed by atoms with Gasteiger partial charge >= 0.3 is 0 Å². The Bertz CT molecular complexity index is 400. The Morgan fingerprint density at radius 1 is 1.33 bits per heavy atom. The lowest BCUT2D eigenvalue weighted by molar-refractivity contribution is -0.896. The van der Waals surface area contributed by atoms with E-state index in [1.807, 2.05) is 0 Å². The number of hydrogen-bond donors (Lipinski definition) is 0. The minimum absolute atomic E-state index is 0. The molecule has 5 nitrogen and oxygen atoms in total. The summed E-state index contributed by atoms with van der Waals surface area (Å²) in [6, 6.07) is 0.395. The number of nitrogens with zero attached hydrogens (tertiary/aromatic N) is 2. The molecule has 21 heavy (non-hydrogen) atoms. The number of amides is 1. The molecule has 1 amide bonds. The van der Waals surface area contributed by atoms with Crippen molar-refractivity contribution in [1.29, 1.82) is 0 Å². The maximum absolute atomic E-state index is 12.0. The van der Waals surface area contributed by atoms with E-state index in [9.17, 15) is 14.7 Å². The van der Waals surface area contributed by atoms with Gasteiger partial charge in [0.25, 0.3) is 5.91 Å². The summed E-state index contributed by atoms with van der Waals surface area (Å²) in [4.78, 5) is 23.8. The summed E-state index contributed by atoms with van der Waals surface area (Å²) in [6.45, 7) is 7.79. The van der Waals surface area contributed by atoms with Crippen LogP contribution >= 0.6 is 12.4 Å². The molecule has 0 aliphatic heterocycles. The van der Waals surface area contributed by atoms with Crippen LogP contribution in [0.15, 0.2) is 24.4 Å². The van der Waals surface area contributed by atoms with E-state index in [0.29, 0.717) is 18.2 Å². The lowest BCUT2D eigenvalue weighted by Gasteiger charge is -2.34. The summed E-state index contributed by atoms with van der Waals surface area (Å²) in [5.74, 6) is -1.58. The summed E-state index contributed by atoms with van der Waals surface area (Å²) in [6.07, 6.45) is 3.90. The van der Waals surface area contributed by atoms with Crippen LogP contribution in [0.2, 0.25) is 0 Å². The van der Waals surface area contributed by atoms with Crippen LogP contribution < -0.4 is 5.11 Å². The van der Waals surface area contributed by atoms with Crippen molar-refractivity contribution in [3.8, 4) is 0 Å². The first-order chi connectivity index (χ1) is 9.09. The topological polar surface area (TPSA) is 60.4 Å². The van der Waals surface area contributed by atoms with Gasteiger partial charge in [-0.1, -0.05) is 13.5 Å². The van der Waals surface area contributed by atoms with E-state index in [0.717, 1.165) is 23.4 Å². The number of carbonyl (C=O) groups is 2. The summed E-state index contributed by atoms with van der Waals surface area (Å²) in [5.41, 5.74) is 0.381. The minimum Gasteiger partial charge on any atom is -0.545 e. The molecule has 0 heterocycles. The Morgan fingerprint density at radius 2 is 1.86 bits per heavy atom. The molecule has 0 aromatic rings. The predicted octanol–water partition coefficient (Wildman–Crippen LogP) is 0.951. The van der Waals surface area contributed by atoms with E-state index >= 15 is 0 Å². The first kappa shape index (κ1) is 22.0. The maximum Gasteiger partial charge on any atom is 0.252 e. The van der Waals surface area contributed by atoms with Gasteiger partial charge in [0.2, 0.25) is 0 Å². The highest BCUT2D eigenvalue weighted by Crippen LogP contribution is 2.13. The molecule has 0 aliphatic carbocycles. The van der Waals surface area contributed by atoms with Crippen LogP contribution in [0.4, 0.5) is 0 Å². The fraction of sp³-hybridized carbons (Fsp3) is 0.600. The van der Waals surface area contributed by atoms with Gasteiger partial charge in [0.05, 0.1) is 33.2 Å². The Morgan fingerprint density at radius 3 is 2.19 bits per heavy atom. The number of aliphatic carboxylic acids is 1. The van der Waals surface area contributed by atoms with Crippen LogP contribution in [-0.4, -0.2) is 55.0 Å². The molecule has 0 spiro atoms. The van der Waals surface area contributed by atoms with Crippen LogP contribution in [0, 0.1) is 0 Å². The average Bonchev–Trinajstić information content (AvgIpc) is 2.30. The summed E-state index contributed by atoms with van der Waals surface area (Å²) in [5, 5.41) is 10.5. The maximum atomic E-state index is 12.0. The van der Waals surface area contributed by atoms with Gasteiger partial charge < -0.3 is 19.3 Å². The largest absolute Gasteiger partial charge is 0.545 e. The van der Waals surface area contributed by atoms with Gasteiger partial charge in [-0.15, -0.1) is 12.4 Å². The standard InChI is InChI=1S/C15H26N2O3.ClH/c1-7-13(17(4,5)6)8-10-16(11-9-14(18)19)15(20)12(2)3;/h9,11,13H,2,7-8,10H2,1,3-6H3;1H. The smallest absolute Gasteiger partial charge is 0.252 e. The van der Waals surface area contributed by atoms with E-state index in [2.05, 4.69) is 34.6 Å². The second-order valence-corrected chi connectivity index (χ2v) is 5.88. The van der Waals surface area contributed by atoms with E-state index in [4.69, 9.17) is 0 Å². The van der Waals surface area contributed by atoms with Crippen LogP contribution in [-0.2, 0) is 9.59 Å². The SMILES string of the molecule is C=C(C)C(=O)N(C=CC(=O)[O-])CCC(CC)[N+](C)(C)C.Cl. The van der Waals surface area contributed by atoms with Crippen LogP contribution in [0.25, 0.3) is 0 Å². The molecule has 0 N–H and O–H groups in total. The molecule has 0 aromatic carbocycles. The monoisotopic (exact) mass is 318 g/mol. The van der Waals surface area contributed by atoms with E-state index in [1.54, 1.807) is 6.92 Å². The Labute approximate surface area is 133 Å². The summed E-state index contributed by atoms with van der Waals surface area (Å²) in [7, 11) is 6.32. The molecule has 0 aromatic heterocycles. The molecule has 0 bridgehead atoms. The van der Waals surface area contributed by atoms with Crippen LogP contribution in [0.5, 0.6) is 0 Å². The molecule has 6 heteroatoms. The predicted molar refractivity (Wildman–Crippen MR) is 84.7 cm³/mol. The van der Waals surface area contributed by atoms with Crippen molar-refractivity contribution in [1.82, 2.24) is 4.90 Å². The molecular weight excluding hydrogens is 292 g/mol. The number of halogens is 1. The lowest BCUT2D eigenvalue weighted by Crippen LogP contribution is -2.46. The average molecular weight is 319 g/mol. The third-order valence-electron chi connectivity index (χ3n) is 3.29. The van der Waals surface area contributed by atoms with E-state index < -0.39 is 5.97 Å². The van der Waals surface area contributed by atoms with Crippen molar-refractivity contribution in [2.75, 3.05) is 27.7 Å². The van der Waals surface area contributed by atoms with Crippen molar-refractivity contribution in [2.45, 2.75) is 32.7 Å². The molecule has 1 unspecified atom stereocenters. The Hall–Kier alpha value is -1.33. The Balaban J connectivity index is 0. The number of rotatable bonds is 8. The summed E-state index contributed by atoms with van der Waals surface area (Å²) >= 11 is 0. The highest BCUT2D eigenvalue weighted by molar-refractivity contribution is 5.93. The van der Waals surface area contributed by atoms with Crippen molar-refractivity contribution < 1.29 is 19.2 Å². The number of carbonyl (C=O) groups excluding carboxylic acids is 2. The molecule has 0 fully saturated rings. The normalized spacial score (nSPS) is 12.6. The van der Waals surface area contributed by atoms with Gasteiger partial charge in [-0.05, 0) is 19.4 Å². The zero-order chi connectivity index (χ0) is 15.9. The van der Waals surface area contributed by atoms with Gasteiger partial charge in [0, 0.05) is 24.7 Å². The van der Waals surface area contributed by atoms with Crippen LogP contribution in [0.3, 0.4) is 0 Å². The number of carboxylic acid groups (broad SMARTS) is 1. The summed E-state index contributed by atoms with van der Waals surface area (Å²) < 4.78 is 0.801. The quantitative estimate of drug-likeness (QED) is 0.494. The third kappa shape index (κ3) is 8.52. The molecule has 122 valence electrons. The first-order valence-electron chi connectivity index (χ1n) is 6.76. The molecule has 1 atom stereocenters. The molecule has 0 saturated heterocycles. The van der Waals surface area contributed by atoms with Gasteiger partial charge in [-0.2, -0.15) is 0 Å². The highest BCUT2D eigenvalue weighted by atomic mass is 35.5. The molecule has 0 aliphatic rings. The minimum atomic E-state index is -1.32. The highest BCUT2D eigenvalue weighted by Gasteiger charge is 2.23. The second-order valence-electron chi connectivity index (χ2n) is 5.88.